The summed E-state index contributed by atoms with van der Waals surface area (Å²) in [5.41, 5.74) is 3.16. The molecule has 0 aliphatic rings. The number of benzene rings is 2. The Kier molecular flexibility index (Phi) is 5.56. The Labute approximate surface area is 152 Å². The first-order valence-corrected chi connectivity index (χ1v) is 9.23. The molecular weight excluding hydrogens is 330 g/mol. The minimum absolute atomic E-state index is 0.0408. The summed E-state index contributed by atoms with van der Waals surface area (Å²) < 4.78 is 2.00. The molecule has 2 aromatic carbocycles. The van der Waals surface area contributed by atoms with Gasteiger partial charge in [-0.2, -0.15) is 0 Å². The van der Waals surface area contributed by atoms with Gasteiger partial charge in [0.15, 0.2) is 5.16 Å². The molecule has 1 N–H and O–H groups in total. The average Bonchev–Trinajstić information content (AvgIpc) is 3.09. The number of hydrogen-bond donors (Lipinski definition) is 1. The monoisotopic (exact) mass is 351 g/mol. The van der Waals surface area contributed by atoms with Crippen LogP contribution in [0.2, 0.25) is 0 Å². The lowest BCUT2D eigenvalue weighted by Gasteiger charge is -2.10. The van der Waals surface area contributed by atoms with Crippen molar-refractivity contribution in [2.45, 2.75) is 24.9 Å². The van der Waals surface area contributed by atoms with E-state index >= 15 is 0 Å². The third kappa shape index (κ3) is 4.51. The van der Waals surface area contributed by atoms with Gasteiger partial charge in [0.1, 0.15) is 0 Å². The summed E-state index contributed by atoms with van der Waals surface area (Å²) in [6.45, 7) is 4.36. The van der Waals surface area contributed by atoms with Crippen LogP contribution in [0.25, 0.3) is 5.69 Å². The molecule has 0 aliphatic heterocycles. The number of carbonyl (C=O) groups excluding carboxylic acids is 1. The van der Waals surface area contributed by atoms with Crippen LogP contribution in [-0.4, -0.2) is 21.2 Å². The van der Waals surface area contributed by atoms with E-state index in [-0.39, 0.29) is 5.91 Å². The first-order chi connectivity index (χ1) is 12.1. The molecule has 0 radical (unpaired) electrons. The molecule has 0 aliphatic carbocycles. The van der Waals surface area contributed by atoms with Gasteiger partial charge in [-0.25, -0.2) is 4.98 Å². The maximum atomic E-state index is 12.1. The van der Waals surface area contributed by atoms with Crippen LogP contribution in [0.4, 0.5) is 5.69 Å². The van der Waals surface area contributed by atoms with Crippen molar-refractivity contribution in [2.75, 3.05) is 11.1 Å². The van der Waals surface area contributed by atoms with Crippen molar-refractivity contribution in [3.63, 3.8) is 0 Å². The van der Waals surface area contributed by atoms with E-state index in [2.05, 4.69) is 48.4 Å². The maximum absolute atomic E-state index is 12.1. The number of hydrogen-bond acceptors (Lipinski definition) is 3. The second-order valence-corrected chi connectivity index (χ2v) is 6.97. The van der Waals surface area contributed by atoms with E-state index < -0.39 is 0 Å². The number of aromatic nitrogens is 2. The molecule has 3 aromatic rings. The van der Waals surface area contributed by atoms with Crippen LogP contribution >= 0.6 is 11.8 Å². The van der Waals surface area contributed by atoms with Crippen molar-refractivity contribution in [3.8, 4) is 5.69 Å². The number of nitrogens with zero attached hydrogens (tertiary/aromatic N) is 2. The molecule has 1 aromatic heterocycles. The fourth-order valence-electron chi connectivity index (χ4n) is 2.46. The predicted molar refractivity (Wildman–Crippen MR) is 103 cm³/mol. The van der Waals surface area contributed by atoms with Crippen LogP contribution in [0.1, 0.15) is 25.3 Å². The van der Waals surface area contributed by atoms with Crippen LogP contribution < -0.4 is 5.32 Å². The number of anilines is 1. The molecule has 5 heteroatoms. The maximum Gasteiger partial charge on any atom is 0.234 e. The topological polar surface area (TPSA) is 46.9 Å². The van der Waals surface area contributed by atoms with Gasteiger partial charge in [0.25, 0.3) is 0 Å². The molecule has 25 heavy (non-hydrogen) atoms. The summed E-state index contributed by atoms with van der Waals surface area (Å²) in [5.74, 6) is 0.781. The minimum atomic E-state index is -0.0408. The van der Waals surface area contributed by atoms with E-state index in [1.165, 1.54) is 17.3 Å². The Balaban J connectivity index is 1.64. The molecule has 3 rings (SSSR count). The second kappa shape index (κ2) is 8.03. The van der Waals surface area contributed by atoms with Gasteiger partial charge in [-0.1, -0.05) is 55.9 Å². The summed E-state index contributed by atoms with van der Waals surface area (Å²) in [4.78, 5) is 16.5. The van der Waals surface area contributed by atoms with Gasteiger partial charge in [0.05, 0.1) is 5.75 Å². The van der Waals surface area contributed by atoms with Crippen molar-refractivity contribution in [1.29, 1.82) is 0 Å². The Morgan fingerprint density at radius 1 is 1.12 bits per heavy atom. The van der Waals surface area contributed by atoms with Gasteiger partial charge in [-0.3, -0.25) is 9.36 Å². The van der Waals surface area contributed by atoms with Gasteiger partial charge in [0, 0.05) is 23.8 Å². The summed E-state index contributed by atoms with van der Waals surface area (Å²) >= 11 is 1.43. The van der Waals surface area contributed by atoms with Crippen molar-refractivity contribution < 1.29 is 4.79 Å². The van der Waals surface area contributed by atoms with Crippen LogP contribution in [0.5, 0.6) is 0 Å². The van der Waals surface area contributed by atoms with Gasteiger partial charge in [-0.05, 0) is 35.7 Å². The zero-order chi connectivity index (χ0) is 17.6. The largest absolute Gasteiger partial charge is 0.325 e. The Bertz CT molecular complexity index is 826. The lowest BCUT2D eigenvalue weighted by Crippen LogP contribution is -2.14. The first kappa shape index (κ1) is 17.3. The summed E-state index contributed by atoms with van der Waals surface area (Å²) in [6.07, 6.45) is 3.68. The number of para-hydroxylation sites is 1. The molecule has 0 spiro atoms. The molecule has 0 unspecified atom stereocenters. The molecule has 128 valence electrons. The van der Waals surface area contributed by atoms with Crippen molar-refractivity contribution in [2.24, 2.45) is 0 Å². The molecule has 1 heterocycles. The highest BCUT2D eigenvalue weighted by Crippen LogP contribution is 2.22. The number of rotatable bonds is 6. The Morgan fingerprint density at radius 3 is 2.52 bits per heavy atom. The minimum Gasteiger partial charge on any atom is -0.325 e. The van der Waals surface area contributed by atoms with Crippen molar-refractivity contribution in [1.82, 2.24) is 9.55 Å². The molecule has 0 saturated carbocycles. The fraction of sp³-hybridized carbons (Fsp3) is 0.200. The lowest BCUT2D eigenvalue weighted by atomic mass is 10.0. The van der Waals surface area contributed by atoms with Crippen LogP contribution in [-0.2, 0) is 4.79 Å². The normalized spacial score (nSPS) is 10.8. The standard InChI is InChI=1S/C20H21N3OS/c1-15(2)16-8-10-18(11-9-16)23-13-12-21-20(23)25-14-19(24)22-17-6-4-3-5-7-17/h3-13,15H,14H2,1-2H3,(H,22,24). The molecule has 0 saturated heterocycles. The quantitative estimate of drug-likeness (QED) is 0.653. The first-order valence-electron chi connectivity index (χ1n) is 8.25. The van der Waals surface area contributed by atoms with E-state index in [1.54, 1.807) is 6.20 Å². The van der Waals surface area contributed by atoms with E-state index in [4.69, 9.17) is 0 Å². The van der Waals surface area contributed by atoms with Gasteiger partial charge < -0.3 is 5.32 Å². The zero-order valence-corrected chi connectivity index (χ0v) is 15.2. The van der Waals surface area contributed by atoms with E-state index in [1.807, 2.05) is 41.1 Å². The van der Waals surface area contributed by atoms with Gasteiger partial charge >= 0.3 is 0 Å². The molecule has 0 bridgehead atoms. The summed E-state index contributed by atoms with van der Waals surface area (Å²) in [5, 5.41) is 3.69. The van der Waals surface area contributed by atoms with Gasteiger partial charge in [-0.15, -0.1) is 0 Å². The van der Waals surface area contributed by atoms with Crippen LogP contribution in [0.3, 0.4) is 0 Å². The molecular formula is C20H21N3OS. The highest BCUT2D eigenvalue weighted by atomic mass is 32.2. The van der Waals surface area contributed by atoms with Crippen LogP contribution in [0.15, 0.2) is 72.1 Å². The third-order valence-corrected chi connectivity index (χ3v) is 4.80. The Hall–Kier alpha value is -2.53. The molecule has 0 fully saturated rings. The zero-order valence-electron chi connectivity index (χ0n) is 14.3. The number of carbonyl (C=O) groups is 1. The predicted octanol–water partition coefficient (Wildman–Crippen LogP) is 4.73. The molecule has 4 nitrogen and oxygen atoms in total. The van der Waals surface area contributed by atoms with E-state index in [0.29, 0.717) is 11.7 Å². The third-order valence-electron chi connectivity index (χ3n) is 3.83. The SMILES string of the molecule is CC(C)c1ccc(-n2ccnc2SCC(=O)Nc2ccccc2)cc1. The molecule has 0 atom stereocenters. The number of amides is 1. The Morgan fingerprint density at radius 2 is 1.84 bits per heavy atom. The molecule has 1 amide bonds. The van der Waals surface area contributed by atoms with Crippen molar-refractivity contribution >= 4 is 23.4 Å². The number of thioether (sulfide) groups is 1. The summed E-state index contributed by atoms with van der Waals surface area (Å²) in [7, 11) is 0. The van der Waals surface area contributed by atoms with Gasteiger partial charge in [0.2, 0.25) is 5.91 Å². The average molecular weight is 351 g/mol. The van der Waals surface area contributed by atoms with E-state index in [0.717, 1.165) is 16.5 Å². The summed E-state index contributed by atoms with van der Waals surface area (Å²) in [6, 6.07) is 17.9. The van der Waals surface area contributed by atoms with Crippen molar-refractivity contribution in [3.05, 3.63) is 72.6 Å². The second-order valence-electron chi connectivity index (χ2n) is 6.03. The van der Waals surface area contributed by atoms with E-state index in [9.17, 15) is 4.79 Å². The van der Waals surface area contributed by atoms with Crippen LogP contribution in [0, 0.1) is 0 Å². The number of nitrogens with one attached hydrogen (secondary N) is 1. The smallest absolute Gasteiger partial charge is 0.234 e. The highest BCUT2D eigenvalue weighted by molar-refractivity contribution is 7.99. The fourth-order valence-corrected chi connectivity index (χ4v) is 3.23. The highest BCUT2D eigenvalue weighted by Gasteiger charge is 2.10. The lowest BCUT2D eigenvalue weighted by molar-refractivity contribution is -0.113. The number of imidazole rings is 1.